The predicted octanol–water partition coefficient (Wildman–Crippen LogP) is 6.04. The molecular formula is C22H33NO. The summed E-state index contributed by atoms with van der Waals surface area (Å²) in [7, 11) is 0. The molecule has 2 nitrogen and oxygen atoms in total. The maximum atomic E-state index is 9.34. The lowest BCUT2D eigenvalue weighted by molar-refractivity contribution is -0.0145. The number of unbranched alkanes of at least 4 members (excludes halogenated alkanes) is 1. The fourth-order valence-corrected chi connectivity index (χ4v) is 3.73. The Balaban J connectivity index is 1.95. The summed E-state index contributed by atoms with van der Waals surface area (Å²) in [5.74, 6) is 0.769. The first-order chi connectivity index (χ1) is 11.7. The quantitative estimate of drug-likeness (QED) is 0.525. The Bertz CT molecular complexity index is 513. The third-order valence-electron chi connectivity index (χ3n) is 5.30. The first-order valence-electron chi connectivity index (χ1n) is 9.86. The second-order valence-electron chi connectivity index (χ2n) is 7.46. The molecule has 132 valence electrons. The molecule has 0 aromatic heterocycles. The highest BCUT2D eigenvalue weighted by atomic mass is 16.5. The van der Waals surface area contributed by atoms with E-state index in [1.165, 1.54) is 51.4 Å². The van der Waals surface area contributed by atoms with Crippen molar-refractivity contribution in [2.24, 2.45) is 5.92 Å². The smallest absolute Gasteiger partial charge is 0.0994 e. The van der Waals surface area contributed by atoms with Gasteiger partial charge in [0.25, 0.3) is 0 Å². The summed E-state index contributed by atoms with van der Waals surface area (Å²) in [5, 5.41) is 9.34. The standard InChI is InChI=1S/C22H33NO/c1-3-4-9-18(2)14-15-22(24-21-12-7-8-13-21)16-19-10-5-6-11-20(19)17-23/h5-6,10-11,18,21-22H,3-4,7-9,12-16H2,1-2H3. The minimum Gasteiger partial charge on any atom is -0.375 e. The summed E-state index contributed by atoms with van der Waals surface area (Å²) in [5.41, 5.74) is 1.95. The molecule has 0 heterocycles. The second kappa shape index (κ2) is 10.5. The van der Waals surface area contributed by atoms with Crippen molar-refractivity contribution in [2.45, 2.75) is 90.3 Å². The van der Waals surface area contributed by atoms with E-state index in [1.54, 1.807) is 0 Å². The van der Waals surface area contributed by atoms with E-state index in [1.807, 2.05) is 18.2 Å². The van der Waals surface area contributed by atoms with Crippen LogP contribution in [0.15, 0.2) is 24.3 Å². The lowest BCUT2D eigenvalue weighted by Crippen LogP contribution is -2.23. The van der Waals surface area contributed by atoms with Crippen LogP contribution in [-0.4, -0.2) is 12.2 Å². The molecule has 0 spiro atoms. The lowest BCUT2D eigenvalue weighted by atomic mass is 9.94. The van der Waals surface area contributed by atoms with Crippen LogP contribution in [0.1, 0.15) is 82.8 Å². The zero-order valence-electron chi connectivity index (χ0n) is 15.5. The van der Waals surface area contributed by atoms with Gasteiger partial charge in [-0.2, -0.15) is 5.26 Å². The summed E-state index contributed by atoms with van der Waals surface area (Å²) in [6, 6.07) is 10.3. The van der Waals surface area contributed by atoms with E-state index < -0.39 is 0 Å². The number of hydrogen-bond acceptors (Lipinski definition) is 2. The Hall–Kier alpha value is -1.33. The molecule has 2 rings (SSSR count). The Morgan fingerprint density at radius 2 is 1.92 bits per heavy atom. The molecule has 1 aromatic carbocycles. The van der Waals surface area contributed by atoms with Gasteiger partial charge in [0.15, 0.2) is 0 Å². The topological polar surface area (TPSA) is 33.0 Å². The number of rotatable bonds is 10. The van der Waals surface area contributed by atoms with E-state index in [0.29, 0.717) is 6.10 Å². The van der Waals surface area contributed by atoms with Gasteiger partial charge in [0.2, 0.25) is 0 Å². The second-order valence-corrected chi connectivity index (χ2v) is 7.46. The summed E-state index contributed by atoms with van der Waals surface area (Å²) >= 11 is 0. The average Bonchev–Trinajstić information content (AvgIpc) is 3.11. The van der Waals surface area contributed by atoms with E-state index in [-0.39, 0.29) is 6.10 Å². The number of hydrogen-bond donors (Lipinski definition) is 0. The Labute approximate surface area is 148 Å². The maximum Gasteiger partial charge on any atom is 0.0994 e. The van der Waals surface area contributed by atoms with E-state index in [4.69, 9.17) is 4.74 Å². The van der Waals surface area contributed by atoms with Crippen molar-refractivity contribution in [3.63, 3.8) is 0 Å². The van der Waals surface area contributed by atoms with Gasteiger partial charge in [-0.25, -0.2) is 0 Å². The molecule has 0 saturated heterocycles. The molecule has 1 fully saturated rings. The average molecular weight is 328 g/mol. The first-order valence-corrected chi connectivity index (χ1v) is 9.86. The van der Waals surface area contributed by atoms with Crippen molar-refractivity contribution < 1.29 is 4.74 Å². The zero-order chi connectivity index (χ0) is 17.2. The zero-order valence-corrected chi connectivity index (χ0v) is 15.5. The molecule has 2 atom stereocenters. The van der Waals surface area contributed by atoms with Crippen LogP contribution in [0.4, 0.5) is 0 Å². The monoisotopic (exact) mass is 327 g/mol. The Morgan fingerprint density at radius 1 is 1.17 bits per heavy atom. The normalized spacial score (nSPS) is 17.5. The number of nitriles is 1. The molecule has 1 saturated carbocycles. The SMILES string of the molecule is CCCCC(C)CCC(Cc1ccccc1C#N)OC1CCCC1. The van der Waals surface area contributed by atoms with Crippen LogP contribution >= 0.6 is 0 Å². The number of nitrogens with zero attached hydrogens (tertiary/aromatic N) is 1. The first kappa shape index (κ1) is 19.0. The largest absolute Gasteiger partial charge is 0.375 e. The molecule has 1 aromatic rings. The van der Waals surface area contributed by atoms with Crippen molar-refractivity contribution in [3.05, 3.63) is 35.4 Å². The third kappa shape index (κ3) is 6.29. The molecule has 0 radical (unpaired) electrons. The highest BCUT2D eigenvalue weighted by Crippen LogP contribution is 2.26. The summed E-state index contributed by atoms with van der Waals surface area (Å²) < 4.78 is 6.46. The van der Waals surface area contributed by atoms with Crippen LogP contribution in [0, 0.1) is 17.2 Å². The van der Waals surface area contributed by atoms with Gasteiger partial charge in [-0.3, -0.25) is 0 Å². The number of ether oxygens (including phenoxy) is 1. The molecule has 2 unspecified atom stereocenters. The van der Waals surface area contributed by atoms with Gasteiger partial charge in [-0.05, 0) is 49.7 Å². The molecule has 0 aliphatic heterocycles. The fraction of sp³-hybridized carbons (Fsp3) is 0.682. The summed E-state index contributed by atoms with van der Waals surface area (Å²) in [4.78, 5) is 0. The molecule has 0 N–H and O–H groups in total. The molecule has 2 heteroatoms. The van der Waals surface area contributed by atoms with E-state index in [2.05, 4.69) is 26.0 Å². The molecule has 1 aliphatic carbocycles. The van der Waals surface area contributed by atoms with Crippen molar-refractivity contribution in [3.8, 4) is 6.07 Å². The third-order valence-corrected chi connectivity index (χ3v) is 5.30. The van der Waals surface area contributed by atoms with Gasteiger partial charge in [-0.1, -0.05) is 64.2 Å². The van der Waals surface area contributed by atoms with Crippen molar-refractivity contribution >= 4 is 0 Å². The van der Waals surface area contributed by atoms with Crippen LogP contribution in [-0.2, 0) is 11.2 Å². The van der Waals surface area contributed by atoms with E-state index in [0.717, 1.165) is 29.9 Å². The van der Waals surface area contributed by atoms with Gasteiger partial charge in [0.05, 0.1) is 23.8 Å². The summed E-state index contributed by atoms with van der Waals surface area (Å²) in [6.07, 6.45) is 12.9. The Morgan fingerprint density at radius 3 is 2.62 bits per heavy atom. The fourth-order valence-electron chi connectivity index (χ4n) is 3.73. The van der Waals surface area contributed by atoms with Crippen LogP contribution in [0.5, 0.6) is 0 Å². The van der Waals surface area contributed by atoms with Crippen LogP contribution in [0.25, 0.3) is 0 Å². The Kier molecular flexibility index (Phi) is 8.33. The molecule has 1 aliphatic rings. The highest BCUT2D eigenvalue weighted by Gasteiger charge is 2.22. The van der Waals surface area contributed by atoms with Gasteiger partial charge in [0.1, 0.15) is 0 Å². The van der Waals surface area contributed by atoms with Crippen LogP contribution in [0.2, 0.25) is 0 Å². The van der Waals surface area contributed by atoms with Crippen molar-refractivity contribution in [1.82, 2.24) is 0 Å². The number of benzene rings is 1. The highest BCUT2D eigenvalue weighted by molar-refractivity contribution is 5.37. The molecule has 0 amide bonds. The van der Waals surface area contributed by atoms with Gasteiger partial charge < -0.3 is 4.74 Å². The van der Waals surface area contributed by atoms with Crippen molar-refractivity contribution in [1.29, 1.82) is 5.26 Å². The van der Waals surface area contributed by atoms with Gasteiger partial charge in [-0.15, -0.1) is 0 Å². The lowest BCUT2D eigenvalue weighted by Gasteiger charge is -2.24. The minimum atomic E-state index is 0.256. The summed E-state index contributed by atoms with van der Waals surface area (Å²) in [6.45, 7) is 4.63. The molecule has 24 heavy (non-hydrogen) atoms. The minimum absolute atomic E-state index is 0.256. The van der Waals surface area contributed by atoms with Crippen molar-refractivity contribution in [2.75, 3.05) is 0 Å². The van der Waals surface area contributed by atoms with Gasteiger partial charge >= 0.3 is 0 Å². The van der Waals surface area contributed by atoms with Crippen LogP contribution < -0.4 is 0 Å². The maximum absolute atomic E-state index is 9.34. The van der Waals surface area contributed by atoms with Gasteiger partial charge in [0, 0.05) is 0 Å². The predicted molar refractivity (Wildman–Crippen MR) is 99.9 cm³/mol. The molecular weight excluding hydrogens is 294 g/mol. The van der Waals surface area contributed by atoms with Crippen LogP contribution in [0.3, 0.4) is 0 Å². The van der Waals surface area contributed by atoms with E-state index in [9.17, 15) is 5.26 Å². The molecule has 0 bridgehead atoms. The van der Waals surface area contributed by atoms with E-state index >= 15 is 0 Å².